The first-order valence-electron chi connectivity index (χ1n) is 9.50. The molecule has 2 aromatic heterocycles. The number of aryl methyl sites for hydroxylation is 2. The lowest BCUT2D eigenvalue weighted by Gasteiger charge is -2.09. The molecule has 4 aromatic rings. The van der Waals surface area contributed by atoms with Gasteiger partial charge in [-0.2, -0.15) is 0 Å². The van der Waals surface area contributed by atoms with Crippen LogP contribution in [0.25, 0.3) is 21.3 Å². The van der Waals surface area contributed by atoms with Gasteiger partial charge < -0.3 is 10.2 Å². The Morgan fingerprint density at radius 1 is 1.10 bits per heavy atom. The first-order valence-corrected chi connectivity index (χ1v) is 11.4. The van der Waals surface area contributed by atoms with Crippen molar-refractivity contribution in [1.29, 1.82) is 0 Å². The molecular formula is C23H20N2O4S2. The van der Waals surface area contributed by atoms with Gasteiger partial charge in [-0.05, 0) is 48.7 Å². The van der Waals surface area contributed by atoms with Gasteiger partial charge in [0.25, 0.3) is 5.56 Å². The van der Waals surface area contributed by atoms with Gasteiger partial charge in [0.15, 0.2) is 22.4 Å². The number of carbonyl (C=O) groups is 1. The van der Waals surface area contributed by atoms with Crippen molar-refractivity contribution in [2.24, 2.45) is 7.05 Å². The van der Waals surface area contributed by atoms with Crippen molar-refractivity contribution in [2.45, 2.75) is 19.0 Å². The van der Waals surface area contributed by atoms with Gasteiger partial charge in [-0.1, -0.05) is 30.0 Å². The van der Waals surface area contributed by atoms with Crippen molar-refractivity contribution in [2.75, 3.05) is 5.75 Å². The highest BCUT2D eigenvalue weighted by atomic mass is 32.2. The maximum atomic E-state index is 13.1. The molecule has 0 bridgehead atoms. The number of fused-ring (bicyclic) bond motifs is 1. The number of phenolic OH excluding ortho intramolecular Hbond substituents is 2. The molecule has 0 radical (unpaired) electrons. The molecule has 0 saturated carbocycles. The Bertz CT molecular complexity index is 1390. The number of phenols is 2. The van der Waals surface area contributed by atoms with Crippen molar-refractivity contribution < 1.29 is 15.0 Å². The summed E-state index contributed by atoms with van der Waals surface area (Å²) in [7, 11) is 1.65. The monoisotopic (exact) mass is 452 g/mol. The minimum absolute atomic E-state index is 0.0470. The number of thioether (sulfide) groups is 1. The SMILES string of the molecule is Cc1ccc(-c2csc3nc(SCC(=O)c4ccc(O)c(O)c4)n(C)c(=O)c23)cc1C. The van der Waals surface area contributed by atoms with E-state index in [9.17, 15) is 19.8 Å². The molecule has 0 aliphatic carbocycles. The number of ketones is 1. The molecule has 6 nitrogen and oxygen atoms in total. The quantitative estimate of drug-likeness (QED) is 0.198. The van der Waals surface area contributed by atoms with Crippen molar-refractivity contribution in [3.05, 3.63) is 68.8 Å². The van der Waals surface area contributed by atoms with E-state index in [0.29, 0.717) is 15.4 Å². The molecule has 0 spiro atoms. The van der Waals surface area contributed by atoms with E-state index in [1.165, 1.54) is 39.7 Å². The molecule has 0 amide bonds. The van der Waals surface area contributed by atoms with Crippen LogP contribution in [0.1, 0.15) is 21.5 Å². The van der Waals surface area contributed by atoms with Gasteiger partial charge >= 0.3 is 0 Å². The Morgan fingerprint density at radius 3 is 2.58 bits per heavy atom. The second kappa shape index (κ2) is 8.20. The molecular weight excluding hydrogens is 432 g/mol. The number of benzene rings is 2. The van der Waals surface area contributed by atoms with Gasteiger partial charge in [-0.25, -0.2) is 4.98 Å². The minimum atomic E-state index is -0.347. The fourth-order valence-corrected chi connectivity index (χ4v) is 5.07. The zero-order chi connectivity index (χ0) is 22.3. The number of Topliss-reactive ketones (excluding diaryl/α,β-unsaturated/α-hetero) is 1. The molecule has 2 N–H and O–H groups in total. The second-order valence-electron chi connectivity index (χ2n) is 7.30. The van der Waals surface area contributed by atoms with Gasteiger partial charge in [0.1, 0.15) is 4.83 Å². The van der Waals surface area contributed by atoms with E-state index in [0.717, 1.165) is 28.5 Å². The molecule has 158 valence electrons. The van der Waals surface area contributed by atoms with Crippen LogP contribution in [0.2, 0.25) is 0 Å². The summed E-state index contributed by atoms with van der Waals surface area (Å²) in [6, 6.07) is 10.1. The fourth-order valence-electron chi connectivity index (χ4n) is 3.21. The predicted molar refractivity (Wildman–Crippen MR) is 125 cm³/mol. The zero-order valence-corrected chi connectivity index (χ0v) is 18.8. The van der Waals surface area contributed by atoms with Crippen LogP contribution in [0.15, 0.2) is 51.7 Å². The Balaban J connectivity index is 1.65. The van der Waals surface area contributed by atoms with E-state index in [1.54, 1.807) is 7.05 Å². The fraction of sp³-hybridized carbons (Fsp3) is 0.174. The van der Waals surface area contributed by atoms with Crippen molar-refractivity contribution in [3.8, 4) is 22.6 Å². The largest absolute Gasteiger partial charge is 0.504 e. The number of aromatic hydroxyl groups is 2. The first-order chi connectivity index (χ1) is 14.8. The Hall–Kier alpha value is -3.10. The topological polar surface area (TPSA) is 92.4 Å². The summed E-state index contributed by atoms with van der Waals surface area (Å²) in [5.41, 5.74) is 4.32. The average molecular weight is 453 g/mol. The number of hydrogen-bond donors (Lipinski definition) is 2. The lowest BCUT2D eigenvalue weighted by atomic mass is 10.0. The van der Waals surface area contributed by atoms with E-state index >= 15 is 0 Å². The normalized spacial score (nSPS) is 11.2. The van der Waals surface area contributed by atoms with Crippen molar-refractivity contribution >= 4 is 39.1 Å². The summed E-state index contributed by atoms with van der Waals surface area (Å²) >= 11 is 2.57. The maximum Gasteiger partial charge on any atom is 0.263 e. The van der Waals surface area contributed by atoms with E-state index in [1.807, 2.05) is 24.4 Å². The third-order valence-corrected chi connectivity index (χ3v) is 7.12. The first kappa shape index (κ1) is 21.1. The van der Waals surface area contributed by atoms with Crippen LogP contribution >= 0.6 is 23.1 Å². The summed E-state index contributed by atoms with van der Waals surface area (Å²) in [6.45, 7) is 4.10. The summed E-state index contributed by atoms with van der Waals surface area (Å²) in [4.78, 5) is 30.8. The number of nitrogens with zero attached hydrogens (tertiary/aromatic N) is 2. The molecule has 2 heterocycles. The molecule has 4 rings (SSSR count). The van der Waals surface area contributed by atoms with Crippen molar-refractivity contribution in [1.82, 2.24) is 9.55 Å². The Labute approximate surface area is 186 Å². The van der Waals surface area contributed by atoms with E-state index < -0.39 is 0 Å². The molecule has 2 aromatic carbocycles. The Morgan fingerprint density at radius 2 is 1.87 bits per heavy atom. The van der Waals surface area contributed by atoms with Crippen molar-refractivity contribution in [3.63, 3.8) is 0 Å². The zero-order valence-electron chi connectivity index (χ0n) is 17.2. The number of rotatable bonds is 5. The average Bonchev–Trinajstić information content (AvgIpc) is 3.17. The summed E-state index contributed by atoms with van der Waals surface area (Å²) in [5.74, 6) is -0.821. The van der Waals surface area contributed by atoms with Crippen LogP contribution in [-0.2, 0) is 7.05 Å². The molecule has 31 heavy (non-hydrogen) atoms. The molecule has 0 saturated heterocycles. The number of thiophene rings is 1. The molecule has 0 atom stereocenters. The third-order valence-electron chi connectivity index (χ3n) is 5.22. The third kappa shape index (κ3) is 3.96. The Kier molecular flexibility index (Phi) is 5.60. The highest BCUT2D eigenvalue weighted by molar-refractivity contribution is 7.99. The smallest absolute Gasteiger partial charge is 0.263 e. The molecule has 0 unspecified atom stereocenters. The summed E-state index contributed by atoms with van der Waals surface area (Å²) < 4.78 is 1.46. The van der Waals surface area contributed by atoms with Crippen LogP contribution < -0.4 is 5.56 Å². The molecule has 0 aliphatic rings. The molecule has 0 aliphatic heterocycles. The van der Waals surface area contributed by atoms with Gasteiger partial charge in [-0.3, -0.25) is 14.2 Å². The van der Waals surface area contributed by atoms with Gasteiger partial charge in [0, 0.05) is 23.6 Å². The molecule has 0 fully saturated rings. The van der Waals surface area contributed by atoms with E-state index in [2.05, 4.69) is 18.0 Å². The van der Waals surface area contributed by atoms with E-state index in [4.69, 9.17) is 0 Å². The van der Waals surface area contributed by atoms with Crippen LogP contribution in [0.4, 0.5) is 0 Å². The standard InChI is InChI=1S/C23H20N2O4S2/c1-12-4-5-14(8-13(12)2)16-10-30-21-20(16)22(29)25(3)23(24-21)31-11-19(28)15-6-7-17(26)18(27)9-15/h4-10,26-27H,11H2,1-3H3. The van der Waals surface area contributed by atoms with Crippen LogP contribution in [0.3, 0.4) is 0 Å². The lowest BCUT2D eigenvalue weighted by Crippen LogP contribution is -2.20. The van der Waals surface area contributed by atoms with Crippen LogP contribution in [-0.4, -0.2) is 31.3 Å². The summed E-state index contributed by atoms with van der Waals surface area (Å²) in [6.07, 6.45) is 0. The van der Waals surface area contributed by atoms with Gasteiger partial charge in [0.05, 0.1) is 11.1 Å². The number of hydrogen-bond acceptors (Lipinski definition) is 7. The summed E-state index contributed by atoms with van der Waals surface area (Å²) in [5, 5.41) is 22.0. The van der Waals surface area contributed by atoms with Crippen LogP contribution in [0, 0.1) is 13.8 Å². The highest BCUT2D eigenvalue weighted by Gasteiger charge is 2.17. The molecule has 8 heteroatoms. The minimum Gasteiger partial charge on any atom is -0.504 e. The predicted octanol–water partition coefficient (Wildman–Crippen LogP) is 4.67. The van der Waals surface area contributed by atoms with Gasteiger partial charge in [-0.15, -0.1) is 11.3 Å². The van der Waals surface area contributed by atoms with E-state index in [-0.39, 0.29) is 34.2 Å². The van der Waals surface area contributed by atoms with Gasteiger partial charge in [0.2, 0.25) is 0 Å². The number of aromatic nitrogens is 2. The number of carbonyl (C=O) groups excluding carboxylic acids is 1. The lowest BCUT2D eigenvalue weighted by molar-refractivity contribution is 0.102. The highest BCUT2D eigenvalue weighted by Crippen LogP contribution is 2.33. The maximum absolute atomic E-state index is 13.1. The second-order valence-corrected chi connectivity index (χ2v) is 9.10. The van der Waals surface area contributed by atoms with Crippen LogP contribution in [0.5, 0.6) is 11.5 Å².